The zero-order valence-corrected chi connectivity index (χ0v) is 13.3. The second-order valence-electron chi connectivity index (χ2n) is 5.66. The minimum absolute atomic E-state index is 0.0737. The third kappa shape index (κ3) is 2.63. The molecule has 0 saturated heterocycles. The van der Waals surface area contributed by atoms with Crippen LogP contribution >= 0.6 is 11.3 Å². The summed E-state index contributed by atoms with van der Waals surface area (Å²) in [6.45, 7) is 6.84. The maximum Gasteiger partial charge on any atom is 0.262 e. The predicted molar refractivity (Wildman–Crippen MR) is 88.9 cm³/mol. The summed E-state index contributed by atoms with van der Waals surface area (Å²) in [5.41, 5.74) is 1.21. The zero-order chi connectivity index (χ0) is 15.0. The van der Waals surface area contributed by atoms with Gasteiger partial charge in [-0.2, -0.15) is 0 Å². The second kappa shape index (κ2) is 5.45. The first-order chi connectivity index (χ1) is 10.1. The van der Waals surface area contributed by atoms with Gasteiger partial charge in [-0.15, -0.1) is 11.3 Å². The van der Waals surface area contributed by atoms with Crippen molar-refractivity contribution in [1.29, 1.82) is 0 Å². The van der Waals surface area contributed by atoms with Crippen molar-refractivity contribution >= 4 is 21.6 Å². The van der Waals surface area contributed by atoms with Crippen molar-refractivity contribution in [2.24, 2.45) is 5.92 Å². The van der Waals surface area contributed by atoms with Crippen LogP contribution in [0.25, 0.3) is 20.7 Å². The lowest BCUT2D eigenvalue weighted by molar-refractivity contribution is 0.498. The lowest BCUT2D eigenvalue weighted by Gasteiger charge is -2.11. The molecule has 0 unspecified atom stereocenters. The molecule has 0 aliphatic heterocycles. The molecule has 0 bridgehead atoms. The standard InChI is InChI=1S/C17H18N2OS/c1-11(2)10-19-12(3)18-16-14(17(19)20)9-15(21-16)13-7-5-4-6-8-13/h4-9,11H,10H2,1-3H3. The highest BCUT2D eigenvalue weighted by molar-refractivity contribution is 7.21. The van der Waals surface area contributed by atoms with E-state index in [1.165, 1.54) is 0 Å². The minimum atomic E-state index is 0.0737. The van der Waals surface area contributed by atoms with Gasteiger partial charge in [0, 0.05) is 11.4 Å². The van der Waals surface area contributed by atoms with Crippen LogP contribution in [-0.2, 0) is 6.54 Å². The molecule has 2 heterocycles. The van der Waals surface area contributed by atoms with Gasteiger partial charge in [-0.1, -0.05) is 44.2 Å². The summed E-state index contributed by atoms with van der Waals surface area (Å²) in [5, 5.41) is 0.727. The van der Waals surface area contributed by atoms with Crippen molar-refractivity contribution in [2.45, 2.75) is 27.3 Å². The summed E-state index contributed by atoms with van der Waals surface area (Å²) < 4.78 is 1.79. The molecule has 0 spiro atoms. The summed E-state index contributed by atoms with van der Waals surface area (Å²) in [4.78, 5) is 19.2. The maximum atomic E-state index is 12.7. The Hall–Kier alpha value is -1.94. The third-order valence-electron chi connectivity index (χ3n) is 3.45. The smallest absolute Gasteiger partial charge is 0.262 e. The summed E-state index contributed by atoms with van der Waals surface area (Å²) >= 11 is 1.58. The number of nitrogens with zero attached hydrogens (tertiary/aromatic N) is 2. The van der Waals surface area contributed by atoms with Gasteiger partial charge in [0.15, 0.2) is 0 Å². The quantitative estimate of drug-likeness (QED) is 0.730. The molecule has 0 fully saturated rings. The van der Waals surface area contributed by atoms with Crippen molar-refractivity contribution in [3.05, 3.63) is 52.6 Å². The fourth-order valence-corrected chi connectivity index (χ4v) is 3.52. The van der Waals surface area contributed by atoms with Gasteiger partial charge in [0.1, 0.15) is 10.7 Å². The Morgan fingerprint density at radius 1 is 1.24 bits per heavy atom. The first-order valence-corrected chi connectivity index (χ1v) is 7.94. The van der Waals surface area contributed by atoms with E-state index in [1.54, 1.807) is 15.9 Å². The number of aromatic nitrogens is 2. The lowest BCUT2D eigenvalue weighted by Crippen LogP contribution is -2.25. The highest BCUT2D eigenvalue weighted by atomic mass is 32.1. The molecule has 0 N–H and O–H groups in total. The van der Waals surface area contributed by atoms with Crippen molar-refractivity contribution in [1.82, 2.24) is 9.55 Å². The van der Waals surface area contributed by atoms with Crippen LogP contribution in [0.1, 0.15) is 19.7 Å². The van der Waals surface area contributed by atoms with E-state index in [2.05, 4.69) is 31.0 Å². The van der Waals surface area contributed by atoms with E-state index >= 15 is 0 Å². The average molecular weight is 298 g/mol. The number of aryl methyl sites for hydroxylation is 1. The Labute approximate surface area is 127 Å². The number of rotatable bonds is 3. The largest absolute Gasteiger partial charge is 0.296 e. The number of hydrogen-bond donors (Lipinski definition) is 0. The third-order valence-corrected chi connectivity index (χ3v) is 4.53. The summed E-state index contributed by atoms with van der Waals surface area (Å²) in [7, 11) is 0. The molecule has 0 aliphatic carbocycles. The topological polar surface area (TPSA) is 34.9 Å². The Bertz CT molecular complexity index is 831. The zero-order valence-electron chi connectivity index (χ0n) is 12.5. The van der Waals surface area contributed by atoms with Gasteiger partial charge >= 0.3 is 0 Å². The van der Waals surface area contributed by atoms with Crippen molar-refractivity contribution in [2.75, 3.05) is 0 Å². The molecule has 21 heavy (non-hydrogen) atoms. The molecule has 108 valence electrons. The van der Waals surface area contributed by atoms with Crippen molar-refractivity contribution in [3.63, 3.8) is 0 Å². The second-order valence-corrected chi connectivity index (χ2v) is 6.69. The summed E-state index contributed by atoms with van der Waals surface area (Å²) in [5.74, 6) is 1.22. The molecule has 4 heteroatoms. The average Bonchev–Trinajstić information content (AvgIpc) is 2.88. The van der Waals surface area contributed by atoms with Crippen LogP contribution < -0.4 is 5.56 Å². The minimum Gasteiger partial charge on any atom is -0.296 e. The SMILES string of the molecule is Cc1nc2sc(-c3ccccc3)cc2c(=O)n1CC(C)C. The van der Waals surface area contributed by atoms with Gasteiger partial charge in [-0.3, -0.25) is 9.36 Å². The Balaban J connectivity index is 2.19. The fourth-order valence-electron chi connectivity index (χ4n) is 2.44. The molecule has 3 aromatic rings. The first-order valence-electron chi connectivity index (χ1n) is 7.12. The van der Waals surface area contributed by atoms with E-state index in [0.717, 1.165) is 26.5 Å². The number of hydrogen-bond acceptors (Lipinski definition) is 3. The van der Waals surface area contributed by atoms with Crippen LogP contribution in [0.4, 0.5) is 0 Å². The van der Waals surface area contributed by atoms with Gasteiger partial charge in [-0.25, -0.2) is 4.98 Å². The van der Waals surface area contributed by atoms with E-state index < -0.39 is 0 Å². The first kappa shape index (κ1) is 14.0. The van der Waals surface area contributed by atoms with Crippen LogP contribution in [0.15, 0.2) is 41.2 Å². The highest BCUT2D eigenvalue weighted by Gasteiger charge is 2.13. The number of benzene rings is 1. The van der Waals surface area contributed by atoms with E-state index in [1.807, 2.05) is 31.2 Å². The number of fused-ring (bicyclic) bond motifs is 1. The highest BCUT2D eigenvalue weighted by Crippen LogP contribution is 2.30. The fraction of sp³-hybridized carbons (Fsp3) is 0.294. The molecule has 0 radical (unpaired) electrons. The van der Waals surface area contributed by atoms with Crippen LogP contribution in [-0.4, -0.2) is 9.55 Å². The van der Waals surface area contributed by atoms with E-state index in [9.17, 15) is 4.79 Å². The Morgan fingerprint density at radius 2 is 1.95 bits per heavy atom. The van der Waals surface area contributed by atoms with Crippen LogP contribution in [0.5, 0.6) is 0 Å². The molecule has 0 atom stereocenters. The van der Waals surface area contributed by atoms with Gasteiger partial charge in [0.2, 0.25) is 0 Å². The molecule has 0 aliphatic rings. The molecule has 1 aromatic carbocycles. The monoisotopic (exact) mass is 298 g/mol. The van der Waals surface area contributed by atoms with Crippen LogP contribution in [0, 0.1) is 12.8 Å². The van der Waals surface area contributed by atoms with E-state index in [0.29, 0.717) is 12.5 Å². The predicted octanol–water partition coefficient (Wildman–Crippen LogP) is 4.09. The van der Waals surface area contributed by atoms with Gasteiger partial charge in [0.25, 0.3) is 5.56 Å². The van der Waals surface area contributed by atoms with Gasteiger partial charge in [-0.05, 0) is 24.5 Å². The molecular formula is C17H18N2OS. The van der Waals surface area contributed by atoms with Crippen LogP contribution in [0.2, 0.25) is 0 Å². The molecule has 0 saturated carbocycles. The number of thiophene rings is 1. The molecule has 3 nitrogen and oxygen atoms in total. The van der Waals surface area contributed by atoms with Crippen LogP contribution in [0.3, 0.4) is 0 Å². The Kier molecular flexibility index (Phi) is 3.64. The Morgan fingerprint density at radius 3 is 2.62 bits per heavy atom. The van der Waals surface area contributed by atoms with E-state index in [4.69, 9.17) is 0 Å². The van der Waals surface area contributed by atoms with Gasteiger partial charge < -0.3 is 0 Å². The van der Waals surface area contributed by atoms with Crippen molar-refractivity contribution < 1.29 is 0 Å². The maximum absolute atomic E-state index is 12.7. The molecular weight excluding hydrogens is 280 g/mol. The summed E-state index contributed by atoms with van der Waals surface area (Å²) in [6, 6.07) is 12.1. The molecule has 2 aromatic heterocycles. The molecule has 0 amide bonds. The van der Waals surface area contributed by atoms with Crippen molar-refractivity contribution in [3.8, 4) is 10.4 Å². The lowest BCUT2D eigenvalue weighted by atomic mass is 10.2. The van der Waals surface area contributed by atoms with E-state index in [-0.39, 0.29) is 5.56 Å². The normalized spacial score (nSPS) is 11.4. The molecule has 3 rings (SSSR count). The van der Waals surface area contributed by atoms with Gasteiger partial charge in [0.05, 0.1) is 5.39 Å². The summed E-state index contributed by atoms with van der Waals surface area (Å²) in [6.07, 6.45) is 0.